The molecule has 0 aliphatic rings. The van der Waals surface area contributed by atoms with Crippen LogP contribution in [-0.4, -0.2) is 26.9 Å². The van der Waals surface area contributed by atoms with Crippen LogP contribution in [-0.2, 0) is 0 Å². The van der Waals surface area contributed by atoms with Crippen molar-refractivity contribution < 1.29 is 5.11 Å². The Morgan fingerprint density at radius 2 is 2.50 bits per heavy atom. The van der Waals surface area contributed by atoms with E-state index >= 15 is 0 Å². The number of thioether (sulfide) groups is 1. The van der Waals surface area contributed by atoms with Gasteiger partial charge in [0.15, 0.2) is 5.16 Å². The summed E-state index contributed by atoms with van der Waals surface area (Å²) in [5.41, 5.74) is 5.12. The molecule has 0 aliphatic heterocycles. The third-order valence-corrected chi connectivity index (χ3v) is 2.64. The Labute approximate surface area is 85.7 Å². The summed E-state index contributed by atoms with van der Waals surface area (Å²) in [5.74, 6) is 0.699. The molecule has 0 aromatic carbocycles. The molecule has 1 aromatic heterocycles. The first-order valence-electron chi connectivity index (χ1n) is 4.29. The first kappa shape index (κ1) is 11.1. The van der Waals surface area contributed by atoms with Gasteiger partial charge in [0.05, 0.1) is 6.10 Å². The smallest absolute Gasteiger partial charge is 0.253 e. The Bertz CT molecular complexity index is 353. The molecule has 0 bridgehead atoms. The lowest BCUT2D eigenvalue weighted by atomic mass is 10.3. The van der Waals surface area contributed by atoms with Gasteiger partial charge in [-0.05, 0) is 6.42 Å². The van der Waals surface area contributed by atoms with E-state index in [1.807, 2.05) is 6.92 Å². The lowest BCUT2D eigenvalue weighted by Gasteiger charge is -2.05. The average molecular weight is 215 g/mol. The van der Waals surface area contributed by atoms with E-state index in [-0.39, 0.29) is 17.5 Å². The second-order valence-electron chi connectivity index (χ2n) is 2.85. The number of aliphatic hydroxyl groups excluding tert-OH is 1. The summed E-state index contributed by atoms with van der Waals surface area (Å²) in [6.07, 6.45) is 0.297. The van der Waals surface area contributed by atoms with Gasteiger partial charge in [-0.3, -0.25) is 4.79 Å². The van der Waals surface area contributed by atoms with Gasteiger partial charge in [0.2, 0.25) is 0 Å². The van der Waals surface area contributed by atoms with Gasteiger partial charge in [-0.15, -0.1) is 0 Å². The van der Waals surface area contributed by atoms with E-state index < -0.39 is 0 Å². The van der Waals surface area contributed by atoms with Gasteiger partial charge in [0.1, 0.15) is 5.82 Å². The monoisotopic (exact) mass is 215 g/mol. The maximum atomic E-state index is 11.0. The highest BCUT2D eigenvalue weighted by Gasteiger charge is 2.04. The molecule has 0 radical (unpaired) electrons. The SMILES string of the molecule is CCC(O)CSc1nc(N)cc(=O)[nH]1. The van der Waals surface area contributed by atoms with Crippen LogP contribution in [0.2, 0.25) is 0 Å². The first-order chi connectivity index (χ1) is 6.61. The zero-order chi connectivity index (χ0) is 10.6. The van der Waals surface area contributed by atoms with Gasteiger partial charge < -0.3 is 15.8 Å². The minimum Gasteiger partial charge on any atom is -0.392 e. The van der Waals surface area contributed by atoms with Crippen LogP contribution in [0, 0.1) is 0 Å². The molecule has 1 rings (SSSR count). The number of nitrogens with one attached hydrogen (secondary N) is 1. The number of nitrogens with two attached hydrogens (primary N) is 1. The van der Waals surface area contributed by atoms with Gasteiger partial charge in [0.25, 0.3) is 5.56 Å². The number of anilines is 1. The minimum absolute atomic E-state index is 0.197. The van der Waals surface area contributed by atoms with E-state index in [1.165, 1.54) is 17.8 Å². The minimum atomic E-state index is -0.383. The molecule has 4 N–H and O–H groups in total. The van der Waals surface area contributed by atoms with E-state index in [0.29, 0.717) is 17.3 Å². The molecule has 0 saturated carbocycles. The highest BCUT2D eigenvalue weighted by atomic mass is 32.2. The summed E-state index contributed by atoms with van der Waals surface area (Å²) in [7, 11) is 0. The topological polar surface area (TPSA) is 92.0 Å². The maximum Gasteiger partial charge on any atom is 0.253 e. The Kier molecular flexibility index (Phi) is 3.97. The third-order valence-electron chi connectivity index (χ3n) is 1.62. The van der Waals surface area contributed by atoms with Crippen LogP contribution in [0.3, 0.4) is 0 Å². The van der Waals surface area contributed by atoms with Gasteiger partial charge in [-0.2, -0.15) is 0 Å². The van der Waals surface area contributed by atoms with Crippen molar-refractivity contribution in [2.75, 3.05) is 11.5 Å². The molecule has 0 saturated heterocycles. The quantitative estimate of drug-likeness (QED) is 0.493. The summed E-state index contributed by atoms with van der Waals surface area (Å²) in [6, 6.07) is 1.22. The molecule has 0 amide bonds. The van der Waals surface area contributed by atoms with Crippen LogP contribution < -0.4 is 11.3 Å². The summed E-state index contributed by atoms with van der Waals surface area (Å²) < 4.78 is 0. The van der Waals surface area contributed by atoms with E-state index in [4.69, 9.17) is 5.73 Å². The van der Waals surface area contributed by atoms with Gasteiger partial charge in [-0.25, -0.2) is 4.98 Å². The lowest BCUT2D eigenvalue weighted by molar-refractivity contribution is 0.195. The molecule has 0 fully saturated rings. The van der Waals surface area contributed by atoms with Gasteiger partial charge in [-0.1, -0.05) is 18.7 Å². The van der Waals surface area contributed by atoms with Crippen molar-refractivity contribution in [3.05, 3.63) is 16.4 Å². The van der Waals surface area contributed by atoms with Crippen molar-refractivity contribution in [2.45, 2.75) is 24.6 Å². The number of nitrogens with zero attached hydrogens (tertiary/aromatic N) is 1. The normalized spacial score (nSPS) is 12.7. The maximum absolute atomic E-state index is 11.0. The Morgan fingerprint density at radius 1 is 1.79 bits per heavy atom. The molecule has 0 aliphatic carbocycles. The van der Waals surface area contributed by atoms with Crippen LogP contribution in [0.15, 0.2) is 16.0 Å². The van der Waals surface area contributed by atoms with E-state index in [1.54, 1.807) is 0 Å². The number of aromatic nitrogens is 2. The second-order valence-corrected chi connectivity index (χ2v) is 3.86. The molecule has 0 spiro atoms. The van der Waals surface area contributed by atoms with E-state index in [9.17, 15) is 9.90 Å². The number of rotatable bonds is 4. The largest absolute Gasteiger partial charge is 0.392 e. The van der Waals surface area contributed by atoms with Crippen LogP contribution in [0.1, 0.15) is 13.3 Å². The number of hydrogen-bond acceptors (Lipinski definition) is 5. The summed E-state index contributed by atoms with van der Waals surface area (Å²) in [4.78, 5) is 17.4. The standard InChI is InChI=1S/C8H13N3O2S/c1-2-5(12)4-14-8-10-6(9)3-7(13)11-8/h3,5,12H,2,4H2,1H3,(H3,9,10,11,13). The molecule has 14 heavy (non-hydrogen) atoms. The summed E-state index contributed by atoms with van der Waals surface area (Å²) in [6.45, 7) is 1.89. The van der Waals surface area contributed by atoms with Crippen molar-refractivity contribution in [2.24, 2.45) is 0 Å². The summed E-state index contributed by atoms with van der Waals surface area (Å²) >= 11 is 1.28. The Balaban J connectivity index is 2.63. The van der Waals surface area contributed by atoms with Crippen LogP contribution >= 0.6 is 11.8 Å². The zero-order valence-electron chi connectivity index (χ0n) is 7.86. The van der Waals surface area contributed by atoms with E-state index in [0.717, 1.165) is 0 Å². The van der Waals surface area contributed by atoms with Crippen molar-refractivity contribution in [3.63, 3.8) is 0 Å². The number of aliphatic hydroxyl groups is 1. The lowest BCUT2D eigenvalue weighted by Crippen LogP contribution is -2.12. The van der Waals surface area contributed by atoms with Gasteiger partial charge >= 0.3 is 0 Å². The molecule has 6 heteroatoms. The first-order valence-corrected chi connectivity index (χ1v) is 5.28. The van der Waals surface area contributed by atoms with E-state index in [2.05, 4.69) is 9.97 Å². The van der Waals surface area contributed by atoms with Crippen molar-refractivity contribution in [3.8, 4) is 0 Å². The fourth-order valence-corrected chi connectivity index (χ4v) is 1.74. The van der Waals surface area contributed by atoms with Crippen molar-refractivity contribution in [1.82, 2.24) is 9.97 Å². The number of aromatic amines is 1. The molecule has 1 aromatic rings. The highest BCUT2D eigenvalue weighted by molar-refractivity contribution is 7.99. The molecule has 5 nitrogen and oxygen atoms in total. The van der Waals surface area contributed by atoms with Crippen molar-refractivity contribution >= 4 is 17.6 Å². The number of H-pyrrole nitrogens is 1. The number of hydrogen-bond donors (Lipinski definition) is 3. The molecule has 1 unspecified atom stereocenters. The van der Waals surface area contributed by atoms with Crippen LogP contribution in [0.5, 0.6) is 0 Å². The van der Waals surface area contributed by atoms with Crippen LogP contribution in [0.4, 0.5) is 5.82 Å². The second kappa shape index (κ2) is 5.02. The van der Waals surface area contributed by atoms with Gasteiger partial charge in [0, 0.05) is 11.8 Å². The zero-order valence-corrected chi connectivity index (χ0v) is 8.67. The third kappa shape index (κ3) is 3.39. The summed E-state index contributed by atoms with van der Waals surface area (Å²) in [5, 5.41) is 9.73. The highest BCUT2D eigenvalue weighted by Crippen LogP contribution is 2.13. The molecule has 78 valence electrons. The fraction of sp³-hybridized carbons (Fsp3) is 0.500. The predicted octanol–water partition coefficient (Wildman–Crippen LogP) is 0.215. The Morgan fingerprint density at radius 3 is 3.07 bits per heavy atom. The molecule has 1 atom stereocenters. The molecular formula is C8H13N3O2S. The Hall–Kier alpha value is -1.01. The average Bonchev–Trinajstić information content (AvgIpc) is 2.12. The predicted molar refractivity (Wildman–Crippen MR) is 56.3 cm³/mol. The van der Waals surface area contributed by atoms with Crippen molar-refractivity contribution in [1.29, 1.82) is 0 Å². The molecule has 1 heterocycles. The fourth-order valence-electron chi connectivity index (χ4n) is 0.815. The number of nitrogen functional groups attached to an aromatic ring is 1. The molecular weight excluding hydrogens is 202 g/mol. The van der Waals surface area contributed by atoms with Crippen LogP contribution in [0.25, 0.3) is 0 Å².